The van der Waals surface area contributed by atoms with Gasteiger partial charge in [-0.2, -0.15) is 0 Å². The van der Waals surface area contributed by atoms with Crippen molar-refractivity contribution in [3.63, 3.8) is 0 Å². The minimum Gasteiger partial charge on any atom is -0.326 e. The van der Waals surface area contributed by atoms with Crippen LogP contribution in [0.25, 0.3) is 0 Å². The Morgan fingerprint density at radius 3 is 2.10 bits per heavy atom. The van der Waals surface area contributed by atoms with Crippen molar-refractivity contribution in [2.24, 2.45) is 0 Å². The highest BCUT2D eigenvalue weighted by Gasteiger charge is 2.18. The standard InChI is InChI=1S/C21H23F3N4O3/c1-3-9-28(12-19(31)27-17-8-7-16(22)20(23)21(17)24)11-18(30)26-15-6-4-5-14(10-15)25-13(2)29/h4-8,10H,3,9,11-12H2,1-2H3,(H,25,29)(H,26,30)(H,27,31). The van der Waals surface area contributed by atoms with E-state index in [2.05, 4.69) is 16.0 Å². The predicted molar refractivity (Wildman–Crippen MR) is 111 cm³/mol. The number of halogens is 3. The lowest BCUT2D eigenvalue weighted by molar-refractivity contribution is -0.120. The summed E-state index contributed by atoms with van der Waals surface area (Å²) in [4.78, 5) is 37.3. The van der Waals surface area contributed by atoms with E-state index in [-0.39, 0.29) is 19.0 Å². The minimum absolute atomic E-state index is 0.133. The van der Waals surface area contributed by atoms with Gasteiger partial charge >= 0.3 is 0 Å². The fourth-order valence-electron chi connectivity index (χ4n) is 2.83. The first-order valence-corrected chi connectivity index (χ1v) is 9.52. The Balaban J connectivity index is 1.97. The van der Waals surface area contributed by atoms with Crippen LogP contribution in [0.3, 0.4) is 0 Å². The molecule has 10 heteroatoms. The van der Waals surface area contributed by atoms with Crippen molar-refractivity contribution >= 4 is 34.8 Å². The number of benzene rings is 2. The summed E-state index contributed by atoms with van der Waals surface area (Å²) in [5.41, 5.74) is 0.490. The number of nitrogens with zero attached hydrogens (tertiary/aromatic N) is 1. The Labute approximate surface area is 177 Å². The van der Waals surface area contributed by atoms with Gasteiger partial charge in [-0.15, -0.1) is 0 Å². The highest BCUT2D eigenvalue weighted by atomic mass is 19.2. The van der Waals surface area contributed by atoms with Crippen LogP contribution in [0, 0.1) is 17.5 Å². The van der Waals surface area contributed by atoms with Crippen molar-refractivity contribution in [3.8, 4) is 0 Å². The van der Waals surface area contributed by atoms with E-state index in [9.17, 15) is 27.6 Å². The number of nitrogens with one attached hydrogen (secondary N) is 3. The Bertz CT molecular complexity index is 969. The summed E-state index contributed by atoms with van der Waals surface area (Å²) in [7, 11) is 0. The number of amides is 3. The predicted octanol–water partition coefficient (Wildman–Crippen LogP) is 3.35. The molecular formula is C21H23F3N4O3. The van der Waals surface area contributed by atoms with E-state index in [1.807, 2.05) is 6.92 Å². The largest absolute Gasteiger partial charge is 0.326 e. The molecule has 0 saturated carbocycles. The molecule has 0 unspecified atom stereocenters. The van der Waals surface area contributed by atoms with Gasteiger partial charge in [-0.1, -0.05) is 13.0 Å². The molecule has 0 fully saturated rings. The quantitative estimate of drug-likeness (QED) is 0.526. The second-order valence-electron chi connectivity index (χ2n) is 6.79. The molecule has 2 rings (SSSR count). The summed E-state index contributed by atoms with van der Waals surface area (Å²) in [6.45, 7) is 3.23. The molecule has 0 saturated heterocycles. The average Bonchev–Trinajstić information content (AvgIpc) is 2.68. The van der Waals surface area contributed by atoms with Crippen molar-refractivity contribution in [2.75, 3.05) is 35.6 Å². The monoisotopic (exact) mass is 436 g/mol. The fraction of sp³-hybridized carbons (Fsp3) is 0.286. The zero-order chi connectivity index (χ0) is 23.0. The van der Waals surface area contributed by atoms with Crippen LogP contribution in [-0.2, 0) is 14.4 Å². The van der Waals surface area contributed by atoms with E-state index in [0.29, 0.717) is 30.4 Å². The van der Waals surface area contributed by atoms with Crippen molar-refractivity contribution in [3.05, 3.63) is 53.8 Å². The molecule has 0 aliphatic carbocycles. The van der Waals surface area contributed by atoms with Crippen molar-refractivity contribution in [2.45, 2.75) is 20.3 Å². The third kappa shape index (κ3) is 7.41. The van der Waals surface area contributed by atoms with E-state index < -0.39 is 35.0 Å². The molecule has 31 heavy (non-hydrogen) atoms. The van der Waals surface area contributed by atoms with Gasteiger partial charge in [0.25, 0.3) is 0 Å². The Hall–Kier alpha value is -3.40. The van der Waals surface area contributed by atoms with Gasteiger partial charge in [0, 0.05) is 18.3 Å². The molecule has 0 radical (unpaired) electrons. The zero-order valence-electron chi connectivity index (χ0n) is 17.1. The molecule has 7 nitrogen and oxygen atoms in total. The summed E-state index contributed by atoms with van der Waals surface area (Å²) in [6, 6.07) is 8.19. The van der Waals surface area contributed by atoms with Crippen LogP contribution in [0.1, 0.15) is 20.3 Å². The molecule has 0 heterocycles. The van der Waals surface area contributed by atoms with E-state index >= 15 is 0 Å². The molecule has 0 spiro atoms. The maximum Gasteiger partial charge on any atom is 0.238 e. The van der Waals surface area contributed by atoms with E-state index in [1.54, 1.807) is 24.3 Å². The summed E-state index contributed by atoms with van der Waals surface area (Å²) in [5, 5.41) is 7.46. The van der Waals surface area contributed by atoms with E-state index in [4.69, 9.17) is 0 Å². The Morgan fingerprint density at radius 1 is 0.871 bits per heavy atom. The SMILES string of the molecule is CCCN(CC(=O)Nc1cccc(NC(C)=O)c1)CC(=O)Nc1ccc(F)c(F)c1F. The summed E-state index contributed by atoms with van der Waals surface area (Å²) < 4.78 is 40.1. The second-order valence-corrected chi connectivity index (χ2v) is 6.79. The Kier molecular flexibility index (Phi) is 8.56. The molecule has 0 atom stereocenters. The van der Waals surface area contributed by atoms with Crippen LogP contribution in [0.5, 0.6) is 0 Å². The first kappa shape index (κ1) is 23.9. The van der Waals surface area contributed by atoms with Crippen LogP contribution >= 0.6 is 0 Å². The van der Waals surface area contributed by atoms with E-state index in [1.165, 1.54) is 11.8 Å². The third-order valence-electron chi connectivity index (χ3n) is 4.05. The topological polar surface area (TPSA) is 90.5 Å². The van der Waals surface area contributed by atoms with Crippen LogP contribution in [0.2, 0.25) is 0 Å². The van der Waals surface area contributed by atoms with Crippen molar-refractivity contribution in [1.82, 2.24) is 4.90 Å². The number of anilines is 3. The van der Waals surface area contributed by atoms with Crippen molar-refractivity contribution in [1.29, 1.82) is 0 Å². The third-order valence-corrected chi connectivity index (χ3v) is 4.05. The van der Waals surface area contributed by atoms with Gasteiger partial charge in [0.2, 0.25) is 17.7 Å². The molecule has 3 N–H and O–H groups in total. The summed E-state index contributed by atoms with van der Waals surface area (Å²) in [6.07, 6.45) is 0.637. The molecule has 2 aromatic rings. The van der Waals surface area contributed by atoms with E-state index in [0.717, 1.165) is 6.07 Å². The molecule has 0 aromatic heterocycles. The number of carbonyl (C=O) groups excluding carboxylic acids is 3. The van der Waals surface area contributed by atoms with Crippen LogP contribution in [-0.4, -0.2) is 42.3 Å². The van der Waals surface area contributed by atoms with Crippen LogP contribution in [0.15, 0.2) is 36.4 Å². The van der Waals surface area contributed by atoms with Gasteiger partial charge < -0.3 is 16.0 Å². The molecule has 0 bridgehead atoms. The maximum absolute atomic E-state index is 13.7. The molecule has 0 aliphatic rings. The smallest absolute Gasteiger partial charge is 0.238 e. The second kappa shape index (κ2) is 11.1. The first-order valence-electron chi connectivity index (χ1n) is 9.52. The van der Waals surface area contributed by atoms with Gasteiger partial charge in [0.1, 0.15) is 0 Å². The van der Waals surface area contributed by atoms with Gasteiger partial charge in [0.05, 0.1) is 18.8 Å². The molecule has 2 aromatic carbocycles. The fourth-order valence-corrected chi connectivity index (χ4v) is 2.83. The zero-order valence-corrected chi connectivity index (χ0v) is 17.1. The Morgan fingerprint density at radius 2 is 1.48 bits per heavy atom. The van der Waals surface area contributed by atoms with Crippen LogP contribution in [0.4, 0.5) is 30.2 Å². The van der Waals surface area contributed by atoms with Crippen LogP contribution < -0.4 is 16.0 Å². The van der Waals surface area contributed by atoms with Gasteiger partial charge in [-0.25, -0.2) is 13.2 Å². The minimum atomic E-state index is -1.68. The molecule has 166 valence electrons. The summed E-state index contributed by atoms with van der Waals surface area (Å²) >= 11 is 0. The highest BCUT2D eigenvalue weighted by Crippen LogP contribution is 2.19. The van der Waals surface area contributed by atoms with Crippen molar-refractivity contribution < 1.29 is 27.6 Å². The first-order chi connectivity index (χ1) is 14.7. The molecular weight excluding hydrogens is 413 g/mol. The number of hydrogen-bond acceptors (Lipinski definition) is 4. The lowest BCUT2D eigenvalue weighted by Crippen LogP contribution is -2.39. The normalized spacial score (nSPS) is 10.6. The molecule has 3 amide bonds. The van der Waals surface area contributed by atoms with Gasteiger partial charge in [-0.3, -0.25) is 19.3 Å². The number of rotatable bonds is 9. The maximum atomic E-state index is 13.7. The molecule has 0 aliphatic heterocycles. The van der Waals surface area contributed by atoms with Gasteiger partial charge in [-0.05, 0) is 43.3 Å². The highest BCUT2D eigenvalue weighted by molar-refractivity contribution is 5.95. The van der Waals surface area contributed by atoms with Gasteiger partial charge in [0.15, 0.2) is 17.5 Å². The summed E-state index contributed by atoms with van der Waals surface area (Å²) in [5.74, 6) is -5.86. The lowest BCUT2D eigenvalue weighted by Gasteiger charge is -2.21. The average molecular weight is 436 g/mol. The lowest BCUT2D eigenvalue weighted by atomic mass is 10.2. The number of hydrogen-bond donors (Lipinski definition) is 3. The number of carbonyl (C=O) groups is 3.